The quantitative estimate of drug-likeness (QED) is 0.561. The average Bonchev–Trinajstić information content (AvgIpc) is 2.34. The van der Waals surface area contributed by atoms with Crippen molar-refractivity contribution in [3.05, 3.63) is 64.7 Å². The molecule has 2 rings (SSSR count). The molecule has 0 aliphatic rings. The minimum atomic E-state index is 0.216. The van der Waals surface area contributed by atoms with Crippen LogP contribution in [-0.4, -0.2) is 15.0 Å². The molecule has 0 spiro atoms. The van der Waals surface area contributed by atoms with Crippen LogP contribution in [0.4, 0.5) is 0 Å². The van der Waals surface area contributed by atoms with Crippen LogP contribution in [0.15, 0.2) is 48.5 Å². The van der Waals surface area contributed by atoms with Crippen LogP contribution in [0.3, 0.4) is 0 Å². The number of rotatable bonds is 1. The molecule has 84 valence electrons. The molecule has 0 aromatic heterocycles. The summed E-state index contributed by atoms with van der Waals surface area (Å²) in [6, 6.07) is 16.2. The zero-order valence-corrected chi connectivity index (χ0v) is 11.9. The Morgan fingerprint density at radius 3 is 2.24 bits per heavy atom. The first-order valence-corrected chi connectivity index (χ1v) is 7.33. The third-order valence-corrected chi connectivity index (χ3v) is 3.98. The van der Waals surface area contributed by atoms with Crippen LogP contribution in [0.2, 0.25) is 5.02 Å². The van der Waals surface area contributed by atoms with Crippen molar-refractivity contribution in [3.8, 4) is 10.7 Å². The summed E-state index contributed by atoms with van der Waals surface area (Å²) in [5, 5.41) is 0.750. The second-order valence-corrected chi connectivity index (χ2v) is 5.93. The Balaban J connectivity index is 2.03. The van der Waals surface area contributed by atoms with Crippen molar-refractivity contribution in [1.29, 1.82) is 0 Å². The van der Waals surface area contributed by atoms with Crippen LogP contribution >= 0.6 is 11.6 Å². The van der Waals surface area contributed by atoms with Gasteiger partial charge in [-0.15, -0.1) is 0 Å². The molecule has 17 heavy (non-hydrogen) atoms. The average molecular weight is 306 g/mol. The molecule has 0 aliphatic heterocycles. The molecule has 0 heterocycles. The van der Waals surface area contributed by atoms with Crippen molar-refractivity contribution in [2.24, 2.45) is 0 Å². The molecule has 0 radical (unpaired) electrons. The van der Waals surface area contributed by atoms with Crippen molar-refractivity contribution < 1.29 is 0 Å². The first-order valence-electron chi connectivity index (χ1n) is 5.24. The fraction of sp³-hybridized carbons (Fsp3) is 0.0667. The SMILES string of the molecule is Cc1ccc([Se]C#Cc2ccc(Cl)cc2)cc1. The zero-order chi connectivity index (χ0) is 12.1. The Bertz CT molecular complexity index is 544. The number of hydrogen-bond acceptors (Lipinski definition) is 0. The molecule has 0 bridgehead atoms. The Hall–Kier alpha value is -1.19. The van der Waals surface area contributed by atoms with E-state index in [1.54, 1.807) is 0 Å². The van der Waals surface area contributed by atoms with Gasteiger partial charge in [0.15, 0.2) is 0 Å². The predicted octanol–water partition coefficient (Wildman–Crippen LogP) is 2.99. The van der Waals surface area contributed by atoms with Gasteiger partial charge in [-0.05, 0) is 0 Å². The van der Waals surface area contributed by atoms with E-state index in [9.17, 15) is 0 Å². The topological polar surface area (TPSA) is 0 Å². The number of benzene rings is 2. The van der Waals surface area contributed by atoms with Crippen LogP contribution in [0.5, 0.6) is 0 Å². The van der Waals surface area contributed by atoms with E-state index in [1.165, 1.54) is 10.0 Å². The van der Waals surface area contributed by atoms with Gasteiger partial charge < -0.3 is 0 Å². The van der Waals surface area contributed by atoms with Gasteiger partial charge in [0.05, 0.1) is 0 Å². The van der Waals surface area contributed by atoms with E-state index in [0.29, 0.717) is 0 Å². The van der Waals surface area contributed by atoms with E-state index in [4.69, 9.17) is 11.6 Å². The van der Waals surface area contributed by atoms with Crippen LogP contribution in [0, 0.1) is 17.7 Å². The number of halogens is 1. The second kappa shape index (κ2) is 5.94. The van der Waals surface area contributed by atoms with Crippen molar-refractivity contribution in [1.82, 2.24) is 0 Å². The van der Waals surface area contributed by atoms with Crippen LogP contribution in [0.1, 0.15) is 11.1 Å². The first kappa shape index (κ1) is 12.3. The van der Waals surface area contributed by atoms with Crippen LogP contribution in [0.25, 0.3) is 0 Å². The molecular weight excluding hydrogens is 295 g/mol. The van der Waals surface area contributed by atoms with E-state index in [1.807, 2.05) is 24.3 Å². The van der Waals surface area contributed by atoms with Gasteiger partial charge in [0.25, 0.3) is 0 Å². The molecule has 0 amide bonds. The maximum atomic E-state index is 5.81. The van der Waals surface area contributed by atoms with Gasteiger partial charge in [-0.3, -0.25) is 0 Å². The van der Waals surface area contributed by atoms with Crippen molar-refractivity contribution in [2.75, 3.05) is 0 Å². The van der Waals surface area contributed by atoms with Crippen LogP contribution < -0.4 is 4.46 Å². The zero-order valence-electron chi connectivity index (χ0n) is 9.41. The van der Waals surface area contributed by atoms with E-state index >= 15 is 0 Å². The predicted molar refractivity (Wildman–Crippen MR) is 74.9 cm³/mol. The molecule has 0 N–H and O–H groups in total. The summed E-state index contributed by atoms with van der Waals surface area (Å²) in [6.45, 7) is 2.09. The summed E-state index contributed by atoms with van der Waals surface area (Å²) < 4.78 is 1.31. The normalized spacial score (nSPS) is 9.53. The van der Waals surface area contributed by atoms with Gasteiger partial charge >= 0.3 is 113 Å². The molecule has 0 saturated carbocycles. The van der Waals surface area contributed by atoms with E-state index in [0.717, 1.165) is 10.6 Å². The molecule has 2 heteroatoms. The Kier molecular flexibility index (Phi) is 4.29. The van der Waals surface area contributed by atoms with E-state index < -0.39 is 0 Å². The van der Waals surface area contributed by atoms with Crippen molar-refractivity contribution in [2.45, 2.75) is 6.92 Å². The van der Waals surface area contributed by atoms with Gasteiger partial charge in [-0.1, -0.05) is 0 Å². The van der Waals surface area contributed by atoms with Crippen LogP contribution in [-0.2, 0) is 0 Å². The molecule has 0 atom stereocenters. The Morgan fingerprint density at radius 2 is 1.59 bits per heavy atom. The molecule has 2 aromatic carbocycles. The number of aryl methyl sites for hydroxylation is 1. The monoisotopic (exact) mass is 306 g/mol. The second-order valence-electron chi connectivity index (χ2n) is 3.65. The summed E-state index contributed by atoms with van der Waals surface area (Å²) >= 11 is 6.03. The fourth-order valence-corrected chi connectivity index (χ4v) is 2.58. The van der Waals surface area contributed by atoms with E-state index in [-0.39, 0.29) is 15.0 Å². The first-order chi connectivity index (χ1) is 8.24. The van der Waals surface area contributed by atoms with Gasteiger partial charge in [-0.25, -0.2) is 0 Å². The molecular formula is C15H11ClSe. The van der Waals surface area contributed by atoms with Crippen molar-refractivity contribution >= 4 is 31.0 Å². The molecule has 0 nitrogen and oxygen atoms in total. The third kappa shape index (κ3) is 3.95. The van der Waals surface area contributed by atoms with Gasteiger partial charge in [0.2, 0.25) is 0 Å². The van der Waals surface area contributed by atoms with Gasteiger partial charge in [0, 0.05) is 0 Å². The molecule has 0 unspecified atom stereocenters. The van der Waals surface area contributed by atoms with Crippen molar-refractivity contribution in [3.63, 3.8) is 0 Å². The minimum absolute atomic E-state index is 0.216. The van der Waals surface area contributed by atoms with E-state index in [2.05, 4.69) is 41.9 Å². The molecule has 2 aromatic rings. The van der Waals surface area contributed by atoms with Gasteiger partial charge in [0.1, 0.15) is 0 Å². The molecule has 0 fully saturated rings. The van der Waals surface area contributed by atoms with Gasteiger partial charge in [-0.2, -0.15) is 0 Å². The maximum absolute atomic E-state index is 5.81. The standard InChI is InChI=1S/C15H11ClSe/c1-12-2-8-15(9-3-12)17-11-10-13-4-6-14(16)7-5-13/h2-9H,1H3. The Labute approximate surface area is 113 Å². The Morgan fingerprint density at radius 1 is 0.941 bits per heavy atom. The molecule has 0 aliphatic carbocycles. The molecule has 0 saturated heterocycles. The summed E-state index contributed by atoms with van der Waals surface area (Å²) in [5.74, 6) is 3.15. The summed E-state index contributed by atoms with van der Waals surface area (Å²) in [4.78, 5) is 3.23. The number of hydrogen-bond donors (Lipinski definition) is 0. The summed E-state index contributed by atoms with van der Waals surface area (Å²) in [7, 11) is 0. The summed E-state index contributed by atoms with van der Waals surface area (Å²) in [6.07, 6.45) is 0. The summed E-state index contributed by atoms with van der Waals surface area (Å²) in [5.41, 5.74) is 2.30. The third-order valence-electron chi connectivity index (χ3n) is 2.23. The fourth-order valence-electron chi connectivity index (χ4n) is 1.28.